The zero-order valence-corrected chi connectivity index (χ0v) is 19.4. The number of rotatable bonds is 6. The summed E-state index contributed by atoms with van der Waals surface area (Å²) in [5.41, 5.74) is 4.24. The van der Waals surface area contributed by atoms with Crippen molar-refractivity contribution in [2.75, 3.05) is 5.32 Å². The fourth-order valence-corrected chi connectivity index (χ4v) is 3.51. The Kier molecular flexibility index (Phi) is 7.51. The van der Waals surface area contributed by atoms with E-state index >= 15 is 0 Å². The average Bonchev–Trinajstić information content (AvgIpc) is 2.75. The molecule has 6 heteroatoms. The summed E-state index contributed by atoms with van der Waals surface area (Å²) in [6, 6.07) is 20.6. The Balaban J connectivity index is 1.74. The lowest BCUT2D eigenvalue weighted by molar-refractivity contribution is -0.112. The summed E-state index contributed by atoms with van der Waals surface area (Å²) in [5.74, 6) is 0.0505. The lowest BCUT2D eigenvalue weighted by atomic mass is 10.1. The summed E-state index contributed by atoms with van der Waals surface area (Å²) >= 11 is 9.85. The minimum absolute atomic E-state index is 0.0149. The molecule has 0 bridgehead atoms. The van der Waals surface area contributed by atoms with Crippen LogP contribution in [0.5, 0.6) is 5.75 Å². The van der Waals surface area contributed by atoms with Crippen LogP contribution >= 0.6 is 27.5 Å². The van der Waals surface area contributed by atoms with E-state index in [4.69, 9.17) is 16.3 Å². The van der Waals surface area contributed by atoms with Crippen molar-refractivity contribution < 1.29 is 9.53 Å². The van der Waals surface area contributed by atoms with Crippen molar-refractivity contribution in [1.29, 1.82) is 5.26 Å². The lowest BCUT2D eigenvalue weighted by Gasteiger charge is -2.10. The fourth-order valence-electron chi connectivity index (χ4n) is 2.87. The first-order valence-electron chi connectivity index (χ1n) is 9.53. The van der Waals surface area contributed by atoms with Crippen LogP contribution in [0, 0.1) is 25.2 Å². The van der Waals surface area contributed by atoms with Gasteiger partial charge in [-0.2, -0.15) is 5.26 Å². The number of hydrogen-bond acceptors (Lipinski definition) is 3. The topological polar surface area (TPSA) is 62.1 Å². The molecule has 0 fully saturated rings. The van der Waals surface area contributed by atoms with Crippen molar-refractivity contribution in [2.45, 2.75) is 20.5 Å². The van der Waals surface area contributed by atoms with Crippen molar-refractivity contribution in [2.24, 2.45) is 0 Å². The van der Waals surface area contributed by atoms with Gasteiger partial charge < -0.3 is 10.1 Å². The number of nitrogens with zero attached hydrogens (tertiary/aromatic N) is 1. The molecule has 0 heterocycles. The summed E-state index contributed by atoms with van der Waals surface area (Å²) in [7, 11) is 0. The second-order valence-corrected chi connectivity index (χ2v) is 8.27. The van der Waals surface area contributed by atoms with E-state index in [1.807, 2.05) is 62.4 Å². The van der Waals surface area contributed by atoms with Crippen molar-refractivity contribution >= 4 is 45.2 Å². The van der Waals surface area contributed by atoms with E-state index in [1.54, 1.807) is 18.2 Å². The van der Waals surface area contributed by atoms with Gasteiger partial charge in [0.2, 0.25) is 0 Å². The molecular formula is C25H20BrClN2O2. The summed E-state index contributed by atoms with van der Waals surface area (Å²) in [6.07, 6.45) is 1.50. The van der Waals surface area contributed by atoms with Gasteiger partial charge in [-0.3, -0.25) is 4.79 Å². The maximum Gasteiger partial charge on any atom is 0.266 e. The smallest absolute Gasteiger partial charge is 0.266 e. The molecular weight excluding hydrogens is 476 g/mol. The molecule has 0 atom stereocenters. The Morgan fingerprint density at radius 2 is 1.94 bits per heavy atom. The Morgan fingerprint density at radius 1 is 1.16 bits per heavy atom. The molecule has 0 spiro atoms. The van der Waals surface area contributed by atoms with Crippen LogP contribution < -0.4 is 10.1 Å². The number of ether oxygens (including phenoxy) is 1. The van der Waals surface area contributed by atoms with Gasteiger partial charge in [-0.1, -0.05) is 63.9 Å². The van der Waals surface area contributed by atoms with Crippen molar-refractivity contribution in [3.63, 3.8) is 0 Å². The molecule has 1 N–H and O–H groups in total. The first-order valence-corrected chi connectivity index (χ1v) is 10.7. The van der Waals surface area contributed by atoms with Gasteiger partial charge in [0, 0.05) is 15.7 Å². The van der Waals surface area contributed by atoms with Gasteiger partial charge in [0.15, 0.2) is 0 Å². The van der Waals surface area contributed by atoms with Crippen LogP contribution in [-0.4, -0.2) is 5.91 Å². The summed E-state index contributed by atoms with van der Waals surface area (Å²) in [6.45, 7) is 4.20. The number of carbonyl (C=O) groups is 1. The summed E-state index contributed by atoms with van der Waals surface area (Å²) in [4.78, 5) is 12.6. The highest BCUT2D eigenvalue weighted by atomic mass is 79.9. The van der Waals surface area contributed by atoms with E-state index in [9.17, 15) is 10.1 Å². The molecule has 0 unspecified atom stereocenters. The van der Waals surface area contributed by atoms with Gasteiger partial charge in [-0.15, -0.1) is 0 Å². The molecule has 0 aliphatic heterocycles. The Hall–Kier alpha value is -3.07. The van der Waals surface area contributed by atoms with Gasteiger partial charge in [-0.05, 0) is 60.9 Å². The molecule has 3 aromatic rings. The van der Waals surface area contributed by atoms with Gasteiger partial charge in [0.05, 0.1) is 5.02 Å². The SMILES string of the molecule is Cc1ccc(C)c(NC(=O)/C(C#N)=C/c2ccc(OCc3ccccc3Br)c(Cl)c2)c1. The number of aryl methyl sites for hydroxylation is 2. The number of nitrogens with one attached hydrogen (secondary N) is 1. The number of halogens is 2. The molecule has 3 rings (SSSR count). The van der Waals surface area contributed by atoms with E-state index in [0.29, 0.717) is 28.6 Å². The molecule has 1 amide bonds. The number of amides is 1. The van der Waals surface area contributed by atoms with Crippen LogP contribution in [0.2, 0.25) is 5.02 Å². The number of carbonyl (C=O) groups excluding carboxylic acids is 1. The second kappa shape index (κ2) is 10.3. The summed E-state index contributed by atoms with van der Waals surface area (Å²) < 4.78 is 6.77. The highest BCUT2D eigenvalue weighted by Gasteiger charge is 2.12. The standard InChI is InChI=1S/C25H20BrClN2O2/c1-16-7-8-17(2)23(11-16)29-25(30)20(14-28)12-18-9-10-24(22(27)13-18)31-15-19-5-3-4-6-21(19)26/h3-13H,15H2,1-2H3,(H,29,30)/b20-12+. The number of anilines is 1. The Labute approximate surface area is 195 Å². The van der Waals surface area contributed by atoms with Gasteiger partial charge >= 0.3 is 0 Å². The molecule has 156 valence electrons. The molecule has 0 aliphatic carbocycles. The number of benzene rings is 3. The third-order valence-corrected chi connectivity index (χ3v) is 5.68. The van der Waals surface area contributed by atoms with Gasteiger partial charge in [-0.25, -0.2) is 0 Å². The molecule has 0 aromatic heterocycles. The second-order valence-electron chi connectivity index (χ2n) is 7.01. The zero-order valence-electron chi connectivity index (χ0n) is 17.1. The highest BCUT2D eigenvalue weighted by Crippen LogP contribution is 2.28. The first kappa shape index (κ1) is 22.6. The molecule has 0 saturated heterocycles. The molecule has 0 saturated carbocycles. The molecule has 31 heavy (non-hydrogen) atoms. The fraction of sp³-hybridized carbons (Fsp3) is 0.120. The molecule has 0 aliphatic rings. The normalized spacial score (nSPS) is 11.0. The minimum atomic E-state index is -0.471. The molecule has 0 radical (unpaired) electrons. The average molecular weight is 496 g/mol. The van der Waals surface area contributed by atoms with Crippen molar-refractivity contribution in [3.8, 4) is 11.8 Å². The monoisotopic (exact) mass is 494 g/mol. The summed E-state index contributed by atoms with van der Waals surface area (Å²) in [5, 5.41) is 12.7. The van der Waals surface area contributed by atoms with E-state index in [0.717, 1.165) is 21.2 Å². The van der Waals surface area contributed by atoms with Crippen LogP contribution in [0.25, 0.3) is 6.08 Å². The van der Waals surface area contributed by atoms with Crippen LogP contribution in [0.15, 0.2) is 70.7 Å². The maximum absolute atomic E-state index is 12.6. The van der Waals surface area contributed by atoms with E-state index < -0.39 is 5.91 Å². The Bertz CT molecular complexity index is 1200. The molecule has 3 aromatic carbocycles. The first-order chi connectivity index (χ1) is 14.9. The quantitative estimate of drug-likeness (QED) is 0.301. The third kappa shape index (κ3) is 5.97. The predicted molar refractivity (Wildman–Crippen MR) is 128 cm³/mol. The van der Waals surface area contributed by atoms with Crippen molar-refractivity contribution in [1.82, 2.24) is 0 Å². The van der Waals surface area contributed by atoms with Crippen LogP contribution in [-0.2, 0) is 11.4 Å². The van der Waals surface area contributed by atoms with Crippen LogP contribution in [0.3, 0.4) is 0 Å². The minimum Gasteiger partial charge on any atom is -0.487 e. The van der Waals surface area contributed by atoms with E-state index in [1.165, 1.54) is 6.08 Å². The zero-order chi connectivity index (χ0) is 22.4. The van der Waals surface area contributed by atoms with E-state index in [-0.39, 0.29) is 5.57 Å². The van der Waals surface area contributed by atoms with Crippen LogP contribution in [0.4, 0.5) is 5.69 Å². The van der Waals surface area contributed by atoms with Gasteiger partial charge in [0.25, 0.3) is 5.91 Å². The van der Waals surface area contributed by atoms with Crippen LogP contribution in [0.1, 0.15) is 22.3 Å². The maximum atomic E-state index is 12.6. The van der Waals surface area contributed by atoms with Gasteiger partial charge in [0.1, 0.15) is 24.0 Å². The molecule has 4 nitrogen and oxygen atoms in total. The predicted octanol–water partition coefficient (Wildman–Crippen LogP) is 6.84. The highest BCUT2D eigenvalue weighted by molar-refractivity contribution is 9.10. The number of nitriles is 1. The lowest BCUT2D eigenvalue weighted by Crippen LogP contribution is -2.14. The van der Waals surface area contributed by atoms with E-state index in [2.05, 4.69) is 21.2 Å². The number of hydrogen-bond donors (Lipinski definition) is 1. The largest absolute Gasteiger partial charge is 0.487 e. The van der Waals surface area contributed by atoms with Crippen molar-refractivity contribution in [3.05, 3.63) is 98.0 Å². The third-order valence-electron chi connectivity index (χ3n) is 4.61. The Morgan fingerprint density at radius 3 is 2.65 bits per heavy atom.